The molecule has 0 aliphatic carbocycles. The third-order valence-corrected chi connectivity index (χ3v) is 1.93. The van der Waals surface area contributed by atoms with E-state index in [-0.39, 0.29) is 11.5 Å². The van der Waals surface area contributed by atoms with Crippen molar-refractivity contribution in [3.8, 4) is 0 Å². The predicted molar refractivity (Wildman–Crippen MR) is 53.0 cm³/mol. The number of carbonyl (C=O) groups excluding carboxylic acids is 1. The van der Waals surface area contributed by atoms with Crippen molar-refractivity contribution in [1.29, 1.82) is 0 Å². The molecule has 1 aromatic carbocycles. The minimum atomic E-state index is -0.909. The molecule has 1 heterocycles. The molecule has 8 heteroatoms. The normalized spacial score (nSPS) is 10.2. The maximum absolute atomic E-state index is 13.2. The summed E-state index contributed by atoms with van der Waals surface area (Å²) in [5, 5.41) is 8.36. The number of benzene rings is 1. The molecule has 1 amide bonds. The zero-order valence-electron chi connectivity index (χ0n) is 8.28. The number of hydrogen-bond acceptors (Lipinski definition) is 5. The fourth-order valence-corrected chi connectivity index (χ4v) is 1.14. The number of hydrogen-bond donors (Lipinski definition) is 2. The monoisotopic (exact) mass is 240 g/mol. The van der Waals surface area contributed by atoms with E-state index in [1.165, 1.54) is 6.07 Å². The molecule has 2 aromatic rings. The first-order valence-electron chi connectivity index (χ1n) is 4.43. The predicted octanol–water partition coefficient (Wildman–Crippen LogP) is 1.18. The number of carbonyl (C=O) groups is 1. The number of aromatic nitrogens is 2. The summed E-state index contributed by atoms with van der Waals surface area (Å²) in [6.45, 7) is 0. The summed E-state index contributed by atoms with van der Waals surface area (Å²) in [6.07, 6.45) is 0. The first-order valence-corrected chi connectivity index (χ1v) is 4.43. The van der Waals surface area contributed by atoms with E-state index in [1.807, 2.05) is 5.32 Å². The van der Waals surface area contributed by atoms with Crippen molar-refractivity contribution in [2.75, 3.05) is 11.1 Å². The fraction of sp³-hybridized carbons (Fsp3) is 0. The molecule has 6 nitrogen and oxygen atoms in total. The van der Waals surface area contributed by atoms with Gasteiger partial charge in [-0.1, -0.05) is 6.07 Å². The van der Waals surface area contributed by atoms with Crippen LogP contribution in [-0.2, 0) is 0 Å². The van der Waals surface area contributed by atoms with Crippen molar-refractivity contribution in [1.82, 2.24) is 10.3 Å². The number of anilines is 2. The zero-order valence-corrected chi connectivity index (χ0v) is 8.28. The molecule has 0 fully saturated rings. The van der Waals surface area contributed by atoms with Crippen LogP contribution in [0.15, 0.2) is 22.8 Å². The highest BCUT2D eigenvalue weighted by atomic mass is 19.1. The van der Waals surface area contributed by atoms with Crippen LogP contribution >= 0.6 is 0 Å². The molecule has 3 N–H and O–H groups in total. The molecule has 0 aliphatic rings. The van der Waals surface area contributed by atoms with E-state index in [0.29, 0.717) is 0 Å². The quantitative estimate of drug-likeness (QED) is 0.821. The third-order valence-electron chi connectivity index (χ3n) is 1.93. The highest BCUT2D eigenvalue weighted by Crippen LogP contribution is 2.19. The van der Waals surface area contributed by atoms with Gasteiger partial charge in [-0.05, 0) is 22.4 Å². The van der Waals surface area contributed by atoms with Gasteiger partial charge in [0.2, 0.25) is 11.5 Å². The van der Waals surface area contributed by atoms with Gasteiger partial charge in [0.1, 0.15) is 17.3 Å². The molecule has 17 heavy (non-hydrogen) atoms. The number of nitrogens with one attached hydrogen (secondary N) is 1. The van der Waals surface area contributed by atoms with Crippen LogP contribution in [0.25, 0.3) is 0 Å². The summed E-state index contributed by atoms with van der Waals surface area (Å²) < 4.78 is 30.6. The molecule has 0 aliphatic heterocycles. The molecule has 0 spiro atoms. The maximum Gasteiger partial charge on any atom is 0.281 e. The van der Waals surface area contributed by atoms with Gasteiger partial charge in [0, 0.05) is 0 Å². The molecule has 1 aromatic heterocycles. The highest BCUT2D eigenvalue weighted by molar-refractivity contribution is 6.05. The van der Waals surface area contributed by atoms with E-state index in [0.717, 1.165) is 12.1 Å². The molecule has 2 rings (SSSR count). The van der Waals surface area contributed by atoms with E-state index in [2.05, 4.69) is 14.9 Å². The molecule has 0 unspecified atom stereocenters. The van der Waals surface area contributed by atoms with Gasteiger partial charge in [0.15, 0.2) is 0 Å². The SMILES string of the molecule is Nc1nonc1C(=O)Nc1c(F)cccc1F. The van der Waals surface area contributed by atoms with Gasteiger partial charge in [-0.15, -0.1) is 0 Å². The van der Waals surface area contributed by atoms with E-state index in [9.17, 15) is 13.6 Å². The molecular formula is C9H6F2N4O2. The van der Waals surface area contributed by atoms with Gasteiger partial charge < -0.3 is 11.1 Å². The number of para-hydroxylation sites is 1. The summed E-state index contributed by atoms with van der Waals surface area (Å²) >= 11 is 0. The van der Waals surface area contributed by atoms with Gasteiger partial charge in [0.05, 0.1) is 0 Å². The van der Waals surface area contributed by atoms with Gasteiger partial charge in [-0.3, -0.25) is 4.79 Å². The van der Waals surface area contributed by atoms with Crippen LogP contribution < -0.4 is 11.1 Å². The molecule has 88 valence electrons. The Morgan fingerprint density at radius 2 is 1.94 bits per heavy atom. The standard InChI is InChI=1S/C9H6F2N4O2/c10-4-2-1-3-5(11)6(4)13-9(16)7-8(12)15-17-14-7/h1-3H,(H2,12,15)(H,13,16). The van der Waals surface area contributed by atoms with Crippen molar-refractivity contribution in [2.24, 2.45) is 0 Å². The van der Waals surface area contributed by atoms with Gasteiger partial charge >= 0.3 is 0 Å². The second-order valence-corrected chi connectivity index (χ2v) is 3.05. The number of nitrogens with two attached hydrogens (primary N) is 1. The average molecular weight is 240 g/mol. The summed E-state index contributed by atoms with van der Waals surface area (Å²) in [6, 6.07) is 3.18. The molecule has 0 radical (unpaired) electrons. The second kappa shape index (κ2) is 4.16. The van der Waals surface area contributed by atoms with Crippen LogP contribution in [0.2, 0.25) is 0 Å². The molecule has 0 saturated carbocycles. The van der Waals surface area contributed by atoms with E-state index in [1.54, 1.807) is 0 Å². The first-order chi connectivity index (χ1) is 8.09. The van der Waals surface area contributed by atoms with Crippen LogP contribution in [0.5, 0.6) is 0 Å². The lowest BCUT2D eigenvalue weighted by atomic mass is 10.2. The topological polar surface area (TPSA) is 94.0 Å². The Labute approximate surface area is 93.4 Å². The minimum Gasteiger partial charge on any atom is -0.379 e. The van der Waals surface area contributed by atoms with Crippen molar-refractivity contribution >= 4 is 17.4 Å². The van der Waals surface area contributed by atoms with Crippen molar-refractivity contribution in [2.45, 2.75) is 0 Å². The van der Waals surface area contributed by atoms with E-state index < -0.39 is 23.2 Å². The number of nitrogen functional groups attached to an aromatic ring is 1. The Hall–Kier alpha value is -2.51. The average Bonchev–Trinajstić information content (AvgIpc) is 2.70. The highest BCUT2D eigenvalue weighted by Gasteiger charge is 2.19. The summed E-state index contributed by atoms with van der Waals surface area (Å²) in [5.74, 6) is -2.99. The lowest BCUT2D eigenvalue weighted by Crippen LogP contribution is -2.16. The molecule has 0 bridgehead atoms. The summed E-state index contributed by atoms with van der Waals surface area (Å²) in [5.41, 5.74) is 4.33. The van der Waals surface area contributed by atoms with E-state index in [4.69, 9.17) is 5.73 Å². The van der Waals surface area contributed by atoms with E-state index >= 15 is 0 Å². The lowest BCUT2D eigenvalue weighted by molar-refractivity contribution is 0.101. The number of amides is 1. The molecule has 0 atom stereocenters. The Morgan fingerprint density at radius 1 is 1.29 bits per heavy atom. The van der Waals surface area contributed by atoms with Crippen LogP contribution in [0.4, 0.5) is 20.3 Å². The fourth-order valence-electron chi connectivity index (χ4n) is 1.14. The van der Waals surface area contributed by atoms with Crippen LogP contribution in [0, 0.1) is 11.6 Å². The molecule has 0 saturated heterocycles. The van der Waals surface area contributed by atoms with Crippen LogP contribution in [0.1, 0.15) is 10.5 Å². The second-order valence-electron chi connectivity index (χ2n) is 3.05. The first kappa shape index (κ1) is 11.0. The maximum atomic E-state index is 13.2. The zero-order chi connectivity index (χ0) is 12.4. The Balaban J connectivity index is 2.28. The third kappa shape index (κ3) is 2.05. The van der Waals surface area contributed by atoms with Gasteiger partial charge in [-0.2, -0.15) is 0 Å². The Kier molecular flexibility index (Phi) is 2.69. The summed E-state index contributed by atoms with van der Waals surface area (Å²) in [7, 11) is 0. The van der Waals surface area contributed by atoms with Gasteiger partial charge in [0.25, 0.3) is 5.91 Å². The van der Waals surface area contributed by atoms with Crippen LogP contribution in [0.3, 0.4) is 0 Å². The van der Waals surface area contributed by atoms with Crippen molar-refractivity contribution in [3.05, 3.63) is 35.5 Å². The van der Waals surface area contributed by atoms with Crippen LogP contribution in [-0.4, -0.2) is 16.2 Å². The number of nitrogens with zero attached hydrogens (tertiary/aromatic N) is 2. The largest absolute Gasteiger partial charge is 0.379 e. The Morgan fingerprint density at radius 3 is 2.47 bits per heavy atom. The molecular weight excluding hydrogens is 234 g/mol. The van der Waals surface area contributed by atoms with Gasteiger partial charge in [-0.25, -0.2) is 13.4 Å². The van der Waals surface area contributed by atoms with Crippen molar-refractivity contribution in [3.63, 3.8) is 0 Å². The summed E-state index contributed by atoms with van der Waals surface area (Å²) in [4.78, 5) is 11.5. The number of halogens is 2. The number of rotatable bonds is 2. The van der Waals surface area contributed by atoms with Crippen molar-refractivity contribution < 1.29 is 18.2 Å². The smallest absolute Gasteiger partial charge is 0.281 e. The Bertz CT molecular complexity index is 550. The minimum absolute atomic E-state index is 0.265. The lowest BCUT2D eigenvalue weighted by Gasteiger charge is -2.05.